The highest BCUT2D eigenvalue weighted by Crippen LogP contribution is 2.46. The molecule has 1 spiro atoms. The molecule has 2 nitrogen and oxygen atoms in total. The van der Waals surface area contributed by atoms with Gasteiger partial charge in [-0.3, -0.25) is 0 Å². The lowest BCUT2D eigenvalue weighted by Crippen LogP contribution is -2.50. The molecule has 2 heterocycles. The van der Waals surface area contributed by atoms with Gasteiger partial charge in [0, 0.05) is 6.61 Å². The Morgan fingerprint density at radius 1 is 1.00 bits per heavy atom. The second-order valence-electron chi connectivity index (χ2n) is 6.50. The third kappa shape index (κ3) is 2.59. The molecule has 2 aliphatic heterocycles. The van der Waals surface area contributed by atoms with Crippen LogP contribution in [0.5, 0.6) is 0 Å². The Kier molecular flexibility index (Phi) is 3.93. The van der Waals surface area contributed by atoms with Crippen molar-refractivity contribution in [2.75, 3.05) is 18.1 Å². The first-order valence-electron chi connectivity index (χ1n) is 7.67. The molecular formula is C15H26O2S. The van der Waals surface area contributed by atoms with Crippen molar-refractivity contribution in [2.45, 2.75) is 69.0 Å². The minimum absolute atomic E-state index is 0.126. The van der Waals surface area contributed by atoms with E-state index in [1.54, 1.807) is 0 Å². The fourth-order valence-electron chi connectivity index (χ4n) is 4.15. The predicted molar refractivity (Wildman–Crippen MR) is 76.0 cm³/mol. The molecule has 2 saturated heterocycles. The van der Waals surface area contributed by atoms with Crippen molar-refractivity contribution in [3.8, 4) is 0 Å². The van der Waals surface area contributed by atoms with Crippen molar-refractivity contribution in [1.82, 2.24) is 0 Å². The van der Waals surface area contributed by atoms with Gasteiger partial charge in [0.05, 0.1) is 11.2 Å². The average molecular weight is 270 g/mol. The van der Waals surface area contributed by atoms with Gasteiger partial charge in [0.15, 0.2) is 0 Å². The van der Waals surface area contributed by atoms with E-state index in [0.717, 1.165) is 32.3 Å². The Hall–Kier alpha value is 0.270. The van der Waals surface area contributed by atoms with Crippen LogP contribution in [0.3, 0.4) is 0 Å². The normalized spacial score (nSPS) is 35.5. The molecule has 1 atom stereocenters. The van der Waals surface area contributed by atoms with Gasteiger partial charge in [-0.05, 0) is 55.9 Å². The first-order chi connectivity index (χ1) is 8.73. The maximum absolute atomic E-state index is 10.9. The summed E-state index contributed by atoms with van der Waals surface area (Å²) in [6.07, 6.45) is 10.4. The lowest BCUT2D eigenvalue weighted by atomic mass is 9.68. The largest absolute Gasteiger partial charge is 0.390 e. The van der Waals surface area contributed by atoms with E-state index in [9.17, 15) is 5.11 Å². The van der Waals surface area contributed by atoms with E-state index in [1.807, 2.05) is 0 Å². The third-order valence-electron chi connectivity index (χ3n) is 5.38. The van der Waals surface area contributed by atoms with Gasteiger partial charge in [0.2, 0.25) is 0 Å². The van der Waals surface area contributed by atoms with Crippen molar-refractivity contribution in [3.05, 3.63) is 0 Å². The van der Waals surface area contributed by atoms with Crippen molar-refractivity contribution >= 4 is 11.8 Å². The Morgan fingerprint density at radius 2 is 1.72 bits per heavy atom. The highest BCUT2D eigenvalue weighted by Gasteiger charge is 2.46. The molecule has 1 saturated carbocycles. The van der Waals surface area contributed by atoms with Crippen LogP contribution in [-0.2, 0) is 4.74 Å². The number of aliphatic hydroxyl groups is 1. The predicted octanol–water partition coefficient (Wildman–Crippen LogP) is 3.37. The molecular weight excluding hydrogens is 244 g/mol. The smallest absolute Gasteiger partial charge is 0.0702 e. The van der Waals surface area contributed by atoms with Gasteiger partial charge in [0.25, 0.3) is 0 Å². The summed E-state index contributed by atoms with van der Waals surface area (Å²) in [4.78, 5) is 0. The quantitative estimate of drug-likeness (QED) is 0.792. The minimum atomic E-state index is -0.361. The Morgan fingerprint density at radius 3 is 2.44 bits per heavy atom. The van der Waals surface area contributed by atoms with E-state index in [1.165, 1.54) is 43.6 Å². The number of ether oxygens (including phenoxy) is 1. The van der Waals surface area contributed by atoms with Crippen LogP contribution < -0.4 is 0 Å². The molecule has 3 fully saturated rings. The molecule has 0 radical (unpaired) electrons. The van der Waals surface area contributed by atoms with Crippen LogP contribution in [0.2, 0.25) is 0 Å². The van der Waals surface area contributed by atoms with Crippen LogP contribution in [0.4, 0.5) is 0 Å². The molecule has 0 aromatic heterocycles. The average Bonchev–Trinajstić information content (AvgIpc) is 2.41. The summed E-state index contributed by atoms with van der Waals surface area (Å²) >= 11 is 2.06. The van der Waals surface area contributed by atoms with Crippen LogP contribution in [0.15, 0.2) is 0 Å². The molecule has 0 amide bonds. The summed E-state index contributed by atoms with van der Waals surface area (Å²) in [7, 11) is 0. The zero-order valence-electron chi connectivity index (χ0n) is 11.3. The first-order valence-corrected chi connectivity index (χ1v) is 8.82. The molecule has 3 aliphatic rings. The van der Waals surface area contributed by atoms with E-state index in [0.29, 0.717) is 5.92 Å². The van der Waals surface area contributed by atoms with E-state index >= 15 is 0 Å². The van der Waals surface area contributed by atoms with Crippen molar-refractivity contribution in [2.24, 2.45) is 5.92 Å². The molecule has 0 aromatic carbocycles. The molecule has 0 bridgehead atoms. The van der Waals surface area contributed by atoms with Gasteiger partial charge in [-0.25, -0.2) is 0 Å². The molecule has 1 aliphatic carbocycles. The monoisotopic (exact) mass is 270 g/mol. The molecule has 3 rings (SSSR count). The second-order valence-corrected chi connectivity index (χ2v) is 7.72. The van der Waals surface area contributed by atoms with Gasteiger partial charge in [-0.15, -0.1) is 0 Å². The lowest BCUT2D eigenvalue weighted by Gasteiger charge is -2.49. The zero-order chi connectivity index (χ0) is 12.5. The van der Waals surface area contributed by atoms with E-state index in [2.05, 4.69) is 11.8 Å². The van der Waals surface area contributed by atoms with Gasteiger partial charge in [-0.1, -0.05) is 19.3 Å². The van der Waals surface area contributed by atoms with Gasteiger partial charge in [-0.2, -0.15) is 11.8 Å². The number of hydrogen-bond acceptors (Lipinski definition) is 3. The highest BCUT2D eigenvalue weighted by atomic mass is 32.2. The summed E-state index contributed by atoms with van der Waals surface area (Å²) in [6.45, 7) is 0.873. The Bertz CT molecular complexity index is 261. The van der Waals surface area contributed by atoms with Crippen LogP contribution in [0.1, 0.15) is 57.8 Å². The first kappa shape index (κ1) is 13.3. The zero-order valence-corrected chi connectivity index (χ0v) is 12.1. The summed E-state index contributed by atoms with van der Waals surface area (Å²) < 4.78 is 6.15. The maximum atomic E-state index is 10.9. The molecule has 1 unspecified atom stereocenters. The summed E-state index contributed by atoms with van der Waals surface area (Å²) in [5, 5.41) is 10.9. The van der Waals surface area contributed by atoms with E-state index in [4.69, 9.17) is 4.74 Å². The van der Waals surface area contributed by atoms with Crippen LogP contribution in [-0.4, -0.2) is 34.4 Å². The van der Waals surface area contributed by atoms with Crippen molar-refractivity contribution < 1.29 is 9.84 Å². The number of thioether (sulfide) groups is 1. The minimum Gasteiger partial charge on any atom is -0.390 e. The summed E-state index contributed by atoms with van der Waals surface area (Å²) in [5.41, 5.74) is -0.235. The molecule has 18 heavy (non-hydrogen) atoms. The third-order valence-corrected chi connectivity index (χ3v) is 6.36. The van der Waals surface area contributed by atoms with Crippen LogP contribution in [0.25, 0.3) is 0 Å². The highest BCUT2D eigenvalue weighted by molar-refractivity contribution is 7.99. The van der Waals surface area contributed by atoms with E-state index in [-0.39, 0.29) is 11.2 Å². The fraction of sp³-hybridized carbons (Fsp3) is 1.00. The van der Waals surface area contributed by atoms with Crippen LogP contribution >= 0.6 is 11.8 Å². The summed E-state index contributed by atoms with van der Waals surface area (Å²) in [6, 6.07) is 0. The van der Waals surface area contributed by atoms with Gasteiger partial charge < -0.3 is 9.84 Å². The molecule has 1 N–H and O–H groups in total. The topological polar surface area (TPSA) is 29.5 Å². The maximum Gasteiger partial charge on any atom is 0.0702 e. The number of rotatable bonds is 1. The molecule has 104 valence electrons. The molecule has 3 heteroatoms. The Balaban J connectivity index is 1.69. The number of hydrogen-bond donors (Lipinski definition) is 1. The standard InChI is InChI=1S/C15H26O2S/c16-15(5-2-1-3-6-15)13-4-9-17-14(12-13)7-10-18-11-8-14/h13,16H,1-12H2. The van der Waals surface area contributed by atoms with Crippen molar-refractivity contribution in [1.29, 1.82) is 0 Å². The SMILES string of the molecule is OC1(C2CCOC3(CCSCC3)C2)CCCCC1. The molecule has 0 aromatic rings. The second kappa shape index (κ2) is 5.34. The van der Waals surface area contributed by atoms with E-state index < -0.39 is 0 Å². The fourth-order valence-corrected chi connectivity index (χ4v) is 5.39. The van der Waals surface area contributed by atoms with Gasteiger partial charge >= 0.3 is 0 Å². The van der Waals surface area contributed by atoms with Crippen LogP contribution in [0, 0.1) is 5.92 Å². The van der Waals surface area contributed by atoms with Gasteiger partial charge in [0.1, 0.15) is 0 Å². The lowest BCUT2D eigenvalue weighted by molar-refractivity contribution is -0.154. The van der Waals surface area contributed by atoms with Crippen molar-refractivity contribution in [3.63, 3.8) is 0 Å². The Labute approximate surface area is 115 Å². The summed E-state index contributed by atoms with van der Waals surface area (Å²) in [5.74, 6) is 2.98.